The van der Waals surface area contributed by atoms with Gasteiger partial charge in [0.05, 0.1) is 6.54 Å². The van der Waals surface area contributed by atoms with E-state index in [0.717, 1.165) is 23.6 Å². The lowest BCUT2D eigenvalue weighted by molar-refractivity contribution is 0.174. The Bertz CT molecular complexity index is 734. The lowest BCUT2D eigenvalue weighted by atomic mass is 10.2. The van der Waals surface area contributed by atoms with E-state index in [4.69, 9.17) is 9.47 Å². The minimum absolute atomic E-state index is 0.225. The van der Waals surface area contributed by atoms with Gasteiger partial charge in [-0.2, -0.15) is 0 Å². The molecule has 126 valence electrons. The molecule has 0 spiro atoms. The smallest absolute Gasteiger partial charge is 0.231 e. The van der Waals surface area contributed by atoms with Gasteiger partial charge < -0.3 is 20.1 Å². The fourth-order valence-corrected chi connectivity index (χ4v) is 2.37. The zero-order valence-corrected chi connectivity index (χ0v) is 13.5. The van der Waals surface area contributed by atoms with E-state index in [1.165, 1.54) is 6.07 Å². The van der Waals surface area contributed by atoms with Crippen LogP contribution in [0.4, 0.5) is 4.39 Å². The van der Waals surface area contributed by atoms with Crippen molar-refractivity contribution in [2.75, 3.05) is 13.3 Å². The van der Waals surface area contributed by atoms with Crippen LogP contribution in [-0.4, -0.2) is 19.3 Å². The molecule has 2 aromatic carbocycles. The van der Waals surface area contributed by atoms with E-state index < -0.39 is 0 Å². The van der Waals surface area contributed by atoms with Crippen LogP contribution in [0.25, 0.3) is 0 Å². The van der Waals surface area contributed by atoms with Gasteiger partial charge in [-0.3, -0.25) is 0 Å². The van der Waals surface area contributed by atoms with Crippen molar-refractivity contribution in [2.45, 2.75) is 20.0 Å². The highest BCUT2D eigenvalue weighted by atomic mass is 19.1. The number of guanidine groups is 1. The molecule has 5 nitrogen and oxygen atoms in total. The van der Waals surface area contributed by atoms with E-state index in [0.29, 0.717) is 24.6 Å². The average molecular weight is 329 g/mol. The molecule has 0 amide bonds. The van der Waals surface area contributed by atoms with Crippen molar-refractivity contribution in [3.8, 4) is 11.5 Å². The predicted octanol–water partition coefficient (Wildman–Crippen LogP) is 2.81. The molecule has 3 rings (SSSR count). The Morgan fingerprint density at radius 2 is 1.96 bits per heavy atom. The van der Waals surface area contributed by atoms with Gasteiger partial charge in [-0.1, -0.05) is 24.3 Å². The number of nitrogens with zero attached hydrogens (tertiary/aromatic N) is 1. The summed E-state index contributed by atoms with van der Waals surface area (Å²) in [4.78, 5) is 4.53. The van der Waals surface area contributed by atoms with Crippen molar-refractivity contribution in [3.05, 3.63) is 59.4 Å². The van der Waals surface area contributed by atoms with Crippen LogP contribution in [0.2, 0.25) is 0 Å². The van der Waals surface area contributed by atoms with Gasteiger partial charge in [0, 0.05) is 18.7 Å². The fraction of sp³-hybridized carbons (Fsp3) is 0.278. The highest BCUT2D eigenvalue weighted by Crippen LogP contribution is 2.32. The van der Waals surface area contributed by atoms with Gasteiger partial charge in [-0.15, -0.1) is 0 Å². The van der Waals surface area contributed by atoms with Crippen LogP contribution in [0, 0.1) is 5.82 Å². The van der Waals surface area contributed by atoms with Gasteiger partial charge in [-0.25, -0.2) is 9.38 Å². The van der Waals surface area contributed by atoms with Crippen molar-refractivity contribution in [1.29, 1.82) is 0 Å². The van der Waals surface area contributed by atoms with E-state index in [9.17, 15) is 4.39 Å². The van der Waals surface area contributed by atoms with Crippen LogP contribution in [-0.2, 0) is 13.1 Å². The quantitative estimate of drug-likeness (QED) is 0.654. The molecule has 0 bridgehead atoms. The summed E-state index contributed by atoms with van der Waals surface area (Å²) in [6.07, 6.45) is 0. The number of halogens is 1. The zero-order valence-electron chi connectivity index (χ0n) is 13.5. The number of aliphatic imine (C=N–C) groups is 1. The van der Waals surface area contributed by atoms with Crippen LogP contribution in [0.5, 0.6) is 11.5 Å². The number of hydrogen-bond acceptors (Lipinski definition) is 3. The third-order valence-electron chi connectivity index (χ3n) is 3.61. The van der Waals surface area contributed by atoms with Gasteiger partial charge >= 0.3 is 0 Å². The summed E-state index contributed by atoms with van der Waals surface area (Å²) in [7, 11) is 0. The maximum atomic E-state index is 13.7. The third kappa shape index (κ3) is 3.95. The number of nitrogens with one attached hydrogen (secondary N) is 2. The second-order valence-corrected chi connectivity index (χ2v) is 5.33. The Kier molecular flexibility index (Phi) is 5.15. The van der Waals surface area contributed by atoms with E-state index in [2.05, 4.69) is 15.6 Å². The van der Waals surface area contributed by atoms with Crippen molar-refractivity contribution < 1.29 is 13.9 Å². The summed E-state index contributed by atoms with van der Waals surface area (Å²) in [5.41, 5.74) is 1.62. The molecule has 0 unspecified atom stereocenters. The first kappa shape index (κ1) is 16.1. The molecule has 1 aliphatic heterocycles. The molecule has 2 aromatic rings. The molecule has 0 aliphatic carbocycles. The Balaban J connectivity index is 1.64. The lowest BCUT2D eigenvalue weighted by Gasteiger charge is -2.12. The van der Waals surface area contributed by atoms with Crippen LogP contribution in [0.3, 0.4) is 0 Å². The van der Waals surface area contributed by atoms with Crippen LogP contribution in [0.15, 0.2) is 47.5 Å². The monoisotopic (exact) mass is 329 g/mol. The molecular formula is C18H20FN3O2. The van der Waals surface area contributed by atoms with E-state index in [1.807, 2.05) is 31.2 Å². The van der Waals surface area contributed by atoms with Crippen molar-refractivity contribution in [2.24, 2.45) is 4.99 Å². The lowest BCUT2D eigenvalue weighted by Crippen LogP contribution is -2.37. The van der Waals surface area contributed by atoms with Gasteiger partial charge in [0.25, 0.3) is 0 Å². The molecule has 0 saturated heterocycles. The number of fused-ring (bicyclic) bond motifs is 1. The molecular weight excluding hydrogens is 309 g/mol. The predicted molar refractivity (Wildman–Crippen MR) is 90.6 cm³/mol. The number of ether oxygens (including phenoxy) is 2. The Morgan fingerprint density at radius 3 is 2.79 bits per heavy atom. The summed E-state index contributed by atoms with van der Waals surface area (Å²) in [5.74, 6) is 1.91. The molecule has 0 fully saturated rings. The van der Waals surface area contributed by atoms with Crippen LogP contribution < -0.4 is 20.1 Å². The largest absolute Gasteiger partial charge is 0.454 e. The average Bonchev–Trinajstić information content (AvgIpc) is 3.06. The van der Waals surface area contributed by atoms with Gasteiger partial charge in [0.1, 0.15) is 5.82 Å². The van der Waals surface area contributed by atoms with E-state index in [-0.39, 0.29) is 12.6 Å². The molecule has 1 aliphatic rings. The Labute approximate surface area is 140 Å². The molecule has 24 heavy (non-hydrogen) atoms. The van der Waals surface area contributed by atoms with Gasteiger partial charge in [0.15, 0.2) is 17.5 Å². The van der Waals surface area contributed by atoms with Crippen LogP contribution in [0.1, 0.15) is 18.1 Å². The first-order valence-corrected chi connectivity index (χ1v) is 7.90. The van der Waals surface area contributed by atoms with Gasteiger partial charge in [0.2, 0.25) is 6.79 Å². The second kappa shape index (κ2) is 7.68. The molecule has 0 saturated carbocycles. The molecule has 1 heterocycles. The van der Waals surface area contributed by atoms with Crippen molar-refractivity contribution >= 4 is 5.96 Å². The minimum atomic E-state index is -0.225. The first-order valence-electron chi connectivity index (χ1n) is 7.90. The molecule has 6 heteroatoms. The SMILES string of the molecule is CCNC(=NCc1ccc2c(c1)OCO2)NCc1ccccc1F. The number of benzene rings is 2. The fourth-order valence-electron chi connectivity index (χ4n) is 2.37. The number of hydrogen-bond donors (Lipinski definition) is 2. The third-order valence-corrected chi connectivity index (χ3v) is 3.61. The standard InChI is InChI=1S/C18H20FN3O2/c1-2-20-18(22-11-14-5-3-4-6-15(14)19)21-10-13-7-8-16-17(9-13)24-12-23-16/h3-9H,2,10-12H2,1H3,(H2,20,21,22). The Morgan fingerprint density at radius 1 is 1.12 bits per heavy atom. The molecule has 0 atom stereocenters. The minimum Gasteiger partial charge on any atom is -0.454 e. The molecule has 2 N–H and O–H groups in total. The second-order valence-electron chi connectivity index (χ2n) is 5.33. The maximum Gasteiger partial charge on any atom is 0.231 e. The molecule has 0 radical (unpaired) electrons. The molecule has 0 aromatic heterocycles. The van der Waals surface area contributed by atoms with E-state index in [1.54, 1.807) is 12.1 Å². The van der Waals surface area contributed by atoms with Gasteiger partial charge in [-0.05, 0) is 30.7 Å². The normalized spacial score (nSPS) is 13.0. The number of rotatable bonds is 5. The van der Waals surface area contributed by atoms with Crippen molar-refractivity contribution in [1.82, 2.24) is 10.6 Å². The topological polar surface area (TPSA) is 54.9 Å². The van der Waals surface area contributed by atoms with Crippen molar-refractivity contribution in [3.63, 3.8) is 0 Å². The van der Waals surface area contributed by atoms with Crippen LogP contribution >= 0.6 is 0 Å². The first-order chi connectivity index (χ1) is 11.8. The Hall–Kier alpha value is -2.76. The van der Waals surface area contributed by atoms with E-state index >= 15 is 0 Å². The summed E-state index contributed by atoms with van der Waals surface area (Å²) < 4.78 is 24.3. The summed E-state index contributed by atoms with van der Waals surface area (Å²) in [5, 5.41) is 6.30. The maximum absolute atomic E-state index is 13.7. The highest BCUT2D eigenvalue weighted by Gasteiger charge is 2.13. The summed E-state index contributed by atoms with van der Waals surface area (Å²) in [6, 6.07) is 12.5. The highest BCUT2D eigenvalue weighted by molar-refractivity contribution is 5.79. The summed E-state index contributed by atoms with van der Waals surface area (Å²) in [6.45, 7) is 3.84. The summed E-state index contributed by atoms with van der Waals surface area (Å²) >= 11 is 0. The zero-order chi connectivity index (χ0) is 16.8.